The number of pyridine rings is 2. The Kier molecular flexibility index (Phi) is 22.0. The first-order valence-electron chi connectivity index (χ1n) is 39.0. The molecule has 2 saturated carbocycles. The van der Waals surface area contributed by atoms with Gasteiger partial charge in [-0.2, -0.15) is 38.0 Å². The molecule has 9 heterocycles. The quantitative estimate of drug-likeness (QED) is 0.0420. The van der Waals surface area contributed by atoms with Gasteiger partial charge < -0.3 is 29.3 Å². The molecule has 0 unspecified atom stereocenters. The number of hydrogen-bond acceptors (Lipinski definition) is 18. The lowest BCUT2D eigenvalue weighted by Crippen LogP contribution is -2.60. The SMILES string of the molecule is CC1(O)CN(c2ccc(Br)c([C@@H](CC(=O)Cn3nc(C(F)F)c4c3C(F)(F)[C@@H]3C[C@H]43)Cc3cc(F)cc(F)c3)n2)C1.Cn1nc(CS(C)(=O)=O)c2cccc(-c3ccc(N4CC(C)(O)C4)nc3[C@@H](CC(=O)Cn3nc(C(F)F)c4c3C(F)(F)[C@]3(C)C[C@H]43)Cc3cc(F)cc(F)c3)c21.Cn1nc(CS(C)(=O)=O)c2cccc(B3OC(C)(C)C(C)(C)O3)c21. The van der Waals surface area contributed by atoms with Crippen LogP contribution in [0.1, 0.15) is 178 Å². The number of Topliss-reactive ketones (excluding diaryl/α,β-unsaturated/α-hetero) is 2. The standard InChI is InChI=1S/C39H38F6N6O4S.C28H25BrF6N4O2.C16H23BN2O4S/c1-37(53)18-50(19-37)30-9-8-25(26-6-5-7-27-29(17-56(4,54)55)47-49(3)34(26)27)32(46-30)21(10-20-11-22(40)14-23(41)12-20)13-24(52)16-51-35-31(33(48-51)36(42)43)28-15-38(28,2)39(35,44)45;1-27(41)11-38(12-27)21-3-2-20(29)23(36-21)14(4-13-5-15(30)8-16(31)6-13)7-17(40)10-39-25-22(24(37-39)26(32)33)18-9-19(18)28(25,34)35;1-15(2)16(3,4)23-17(22-15)12-9-7-8-11-13(10-24(6,20)21)18-19(5)14(11)12/h5-9,11-12,14,21,28,36,53H,10,13,15-19H2,1-4H3;2-3,5-6,8,14,18-19,26,41H,4,7,9-12H2,1H3;7-9H,10H2,1-6H3/t21-,28-,38-;14-,18+,19-;/m11./s1. The van der Waals surface area contributed by atoms with Crippen LogP contribution >= 0.6 is 15.9 Å². The molecule has 0 amide bonds. The number of carbonyl (C=O) groups is 2. The van der Waals surface area contributed by atoms with Crippen molar-refractivity contribution in [3.05, 3.63) is 193 Å². The van der Waals surface area contributed by atoms with Crippen molar-refractivity contribution < 1.29 is 98.6 Å². The summed E-state index contributed by atoms with van der Waals surface area (Å²) in [5, 5.41) is 38.5. The number of aromatic nitrogens is 10. The minimum Gasteiger partial charge on any atom is -0.399 e. The number of halogens is 13. The van der Waals surface area contributed by atoms with Crippen LogP contribution in [0, 0.1) is 34.6 Å². The predicted molar refractivity (Wildman–Crippen MR) is 428 cm³/mol. The molecule has 6 aromatic heterocycles. The van der Waals surface area contributed by atoms with Crippen LogP contribution in [0.5, 0.6) is 0 Å². The fourth-order valence-corrected chi connectivity index (χ4v) is 19.9. The van der Waals surface area contributed by atoms with Crippen LogP contribution in [0.15, 0.2) is 102 Å². The molecular weight excluding hydrogens is 1710 g/mol. The molecule has 0 radical (unpaired) electrons. The number of benzene rings is 4. The molecule has 121 heavy (non-hydrogen) atoms. The van der Waals surface area contributed by atoms with E-state index in [4.69, 9.17) is 14.3 Å². The summed E-state index contributed by atoms with van der Waals surface area (Å²) in [6.07, 6.45) is -4.65. The highest BCUT2D eigenvalue weighted by atomic mass is 79.9. The number of nitrogens with zero attached hydrogens (tertiary/aromatic N) is 12. The second-order valence-corrected chi connectivity index (χ2v) is 40.2. The van der Waals surface area contributed by atoms with Crippen molar-refractivity contribution in [1.82, 2.24) is 49.1 Å². The van der Waals surface area contributed by atoms with Gasteiger partial charge in [0.25, 0.3) is 24.7 Å². The molecule has 0 bridgehead atoms. The number of ketones is 2. The topological polar surface area (TPSA) is 265 Å². The summed E-state index contributed by atoms with van der Waals surface area (Å²) in [7, 11) is -3.70. The first-order valence-corrected chi connectivity index (χ1v) is 43.9. The lowest BCUT2D eigenvalue weighted by molar-refractivity contribution is -0.121. The minimum atomic E-state index is -3.51. The number of hydrogen-bond donors (Lipinski definition) is 2. The Bertz CT molecular complexity index is 6030. The minimum absolute atomic E-state index is 0.0208. The van der Waals surface area contributed by atoms with Crippen molar-refractivity contribution in [1.29, 1.82) is 0 Å². The Labute approximate surface area is 697 Å². The maximum atomic E-state index is 15.8. The number of fused-ring (bicyclic) bond motifs is 8. The maximum absolute atomic E-state index is 15.8. The molecule has 17 rings (SSSR count). The van der Waals surface area contributed by atoms with Gasteiger partial charge in [0.2, 0.25) is 0 Å². The second kappa shape index (κ2) is 30.7. The molecule has 6 atom stereocenters. The first kappa shape index (κ1) is 86.8. The lowest BCUT2D eigenvalue weighted by atomic mass is 9.77. The molecule has 4 aromatic carbocycles. The third-order valence-corrected chi connectivity index (χ3v) is 26.5. The van der Waals surface area contributed by atoms with Crippen LogP contribution in [0.4, 0.5) is 64.3 Å². The zero-order valence-electron chi connectivity index (χ0n) is 67.5. The molecule has 10 aromatic rings. The van der Waals surface area contributed by atoms with Gasteiger partial charge in [-0.15, -0.1) is 0 Å². The second-order valence-electron chi connectivity index (χ2n) is 35.0. The molecule has 38 heteroatoms. The molecular formula is C83H86BBrF12N12O10S2. The highest BCUT2D eigenvalue weighted by molar-refractivity contribution is 9.10. The number of anilines is 2. The van der Waals surface area contributed by atoms with Crippen molar-refractivity contribution in [3.8, 4) is 11.1 Å². The van der Waals surface area contributed by atoms with E-state index in [-0.39, 0.29) is 84.6 Å². The van der Waals surface area contributed by atoms with E-state index in [2.05, 4.69) is 41.3 Å². The van der Waals surface area contributed by atoms with Crippen molar-refractivity contribution in [2.75, 3.05) is 48.5 Å². The number of sulfone groups is 2. The van der Waals surface area contributed by atoms with E-state index in [1.807, 2.05) is 57.8 Å². The molecule has 5 fully saturated rings. The first-order chi connectivity index (χ1) is 56.3. The number of alkyl halides is 8. The normalized spacial score (nSPS) is 21.4. The fourth-order valence-electron chi connectivity index (χ4n) is 17.9. The molecule has 3 saturated heterocycles. The molecule has 22 nitrogen and oxygen atoms in total. The molecule has 4 aliphatic carbocycles. The maximum Gasteiger partial charge on any atom is 0.497 e. The predicted octanol–water partition coefficient (Wildman–Crippen LogP) is 14.2. The van der Waals surface area contributed by atoms with Gasteiger partial charge in [0.15, 0.2) is 31.2 Å². The smallest absolute Gasteiger partial charge is 0.399 e. The van der Waals surface area contributed by atoms with Gasteiger partial charge in [0.1, 0.15) is 70.8 Å². The van der Waals surface area contributed by atoms with E-state index in [9.17, 15) is 80.5 Å². The summed E-state index contributed by atoms with van der Waals surface area (Å²) >= 11 is 3.44. The third kappa shape index (κ3) is 16.8. The van der Waals surface area contributed by atoms with E-state index < -0.39 is 186 Å². The van der Waals surface area contributed by atoms with E-state index >= 15 is 8.78 Å². The van der Waals surface area contributed by atoms with Gasteiger partial charge in [-0.25, -0.2) is 61.9 Å². The van der Waals surface area contributed by atoms with E-state index in [1.165, 1.54) is 17.9 Å². The van der Waals surface area contributed by atoms with Crippen LogP contribution in [0.3, 0.4) is 0 Å². The van der Waals surface area contributed by atoms with E-state index in [0.717, 1.165) is 53.0 Å². The summed E-state index contributed by atoms with van der Waals surface area (Å²) in [5.41, 5.74) is -2.28. The van der Waals surface area contributed by atoms with Crippen LogP contribution in [-0.2, 0) is 102 Å². The van der Waals surface area contributed by atoms with Gasteiger partial charge in [0.05, 0.1) is 67.7 Å². The molecule has 2 N–H and O–H groups in total. The summed E-state index contributed by atoms with van der Waals surface area (Å²) in [5.74, 6) is -15.2. The van der Waals surface area contributed by atoms with Gasteiger partial charge in [-0.3, -0.25) is 28.3 Å². The van der Waals surface area contributed by atoms with Crippen LogP contribution in [-0.4, -0.2) is 156 Å². The zero-order valence-corrected chi connectivity index (χ0v) is 70.7. The third-order valence-electron chi connectivity index (χ3n) is 24.2. The average Bonchev–Trinajstić information content (AvgIpc) is 1.52. The van der Waals surface area contributed by atoms with Gasteiger partial charge >= 0.3 is 7.12 Å². The molecule has 644 valence electrons. The highest BCUT2D eigenvalue weighted by Crippen LogP contribution is 2.77. The number of rotatable bonds is 24. The Balaban J connectivity index is 0.000000153. The van der Waals surface area contributed by atoms with Crippen LogP contribution in [0.2, 0.25) is 0 Å². The summed E-state index contributed by atoms with van der Waals surface area (Å²) < 4.78 is 240. The summed E-state index contributed by atoms with van der Waals surface area (Å²) in [4.78, 5) is 40.8. The molecule has 0 spiro atoms. The number of para-hydroxylation sites is 2. The van der Waals surface area contributed by atoms with Gasteiger partial charge in [-0.05, 0) is 149 Å². The Morgan fingerprint density at radius 2 is 1.02 bits per heavy atom. The van der Waals surface area contributed by atoms with Crippen molar-refractivity contribution in [2.24, 2.45) is 25.4 Å². The number of β-amino-alcohol motifs (C(OH)–C–C–N with tert-alkyl or cyclic N) is 2. The lowest BCUT2D eigenvalue weighted by Gasteiger charge is -2.45. The summed E-state index contributed by atoms with van der Waals surface area (Å²) in [6.45, 7) is 12.4. The van der Waals surface area contributed by atoms with Gasteiger partial charge in [-0.1, -0.05) is 43.3 Å². The molecule has 7 aliphatic rings. The largest absolute Gasteiger partial charge is 0.497 e. The average molecular weight is 1790 g/mol. The number of aliphatic hydroxyl groups is 2. The van der Waals surface area contributed by atoms with Crippen molar-refractivity contribution >= 4 is 93.2 Å². The number of carbonyl (C=O) groups excluding carboxylic acids is 2. The molecule has 3 aliphatic heterocycles. The van der Waals surface area contributed by atoms with Crippen LogP contribution < -0.4 is 15.3 Å². The highest BCUT2D eigenvalue weighted by Gasteiger charge is 2.76. The number of aryl methyl sites for hydroxylation is 2. The van der Waals surface area contributed by atoms with Crippen LogP contribution in [0.25, 0.3) is 32.9 Å². The van der Waals surface area contributed by atoms with Crippen molar-refractivity contribution in [3.63, 3.8) is 0 Å². The monoisotopic (exact) mass is 1790 g/mol. The Morgan fingerprint density at radius 1 is 0.570 bits per heavy atom. The van der Waals surface area contributed by atoms with Gasteiger partial charge in [0, 0.05) is 150 Å². The van der Waals surface area contributed by atoms with E-state index in [1.54, 1.807) is 72.9 Å². The van der Waals surface area contributed by atoms with E-state index in [0.29, 0.717) is 83.7 Å². The Morgan fingerprint density at radius 3 is 1.50 bits per heavy atom. The van der Waals surface area contributed by atoms with Crippen molar-refractivity contribution in [2.45, 2.75) is 182 Å². The zero-order chi connectivity index (χ0) is 87.6. The Hall–Kier alpha value is -9.08. The fraction of sp³-hybridized carbons (Fsp3) is 0.470. The summed E-state index contributed by atoms with van der Waals surface area (Å²) in [6, 6.07) is 23.7.